The number of hydrogen-bond donors (Lipinski definition) is 2. The third-order valence-electron chi connectivity index (χ3n) is 5.02. The lowest BCUT2D eigenvalue weighted by Crippen LogP contribution is -2.38. The summed E-state index contributed by atoms with van der Waals surface area (Å²) in [5.74, 6) is 0.272. The number of anilines is 1. The van der Waals surface area contributed by atoms with Gasteiger partial charge in [0.25, 0.3) is 11.8 Å². The Morgan fingerprint density at radius 1 is 1.00 bits per heavy atom. The minimum atomic E-state index is -0.122. The van der Waals surface area contributed by atoms with E-state index in [2.05, 4.69) is 20.5 Å². The minimum absolute atomic E-state index is 0.0838. The van der Waals surface area contributed by atoms with E-state index in [1.165, 1.54) is 5.69 Å². The van der Waals surface area contributed by atoms with Gasteiger partial charge in [-0.25, -0.2) is 0 Å². The number of nitrogens with zero attached hydrogens (tertiary/aromatic N) is 2. The summed E-state index contributed by atoms with van der Waals surface area (Å²) in [5.41, 5.74) is 2.35. The number of amides is 2. The molecular weight excluding hydrogens is 352 g/mol. The summed E-state index contributed by atoms with van der Waals surface area (Å²) in [5, 5.41) is 5.88. The highest BCUT2D eigenvalue weighted by Crippen LogP contribution is 2.22. The van der Waals surface area contributed by atoms with Crippen molar-refractivity contribution >= 4 is 17.5 Å². The second kappa shape index (κ2) is 9.35. The van der Waals surface area contributed by atoms with Gasteiger partial charge in [0.1, 0.15) is 0 Å². The van der Waals surface area contributed by atoms with Gasteiger partial charge in [-0.1, -0.05) is 0 Å². The molecule has 2 aromatic rings. The molecule has 0 spiro atoms. The van der Waals surface area contributed by atoms with Crippen molar-refractivity contribution in [2.24, 2.45) is 5.92 Å². The van der Waals surface area contributed by atoms with E-state index in [0.29, 0.717) is 23.6 Å². The van der Waals surface area contributed by atoms with E-state index in [1.54, 1.807) is 24.3 Å². The summed E-state index contributed by atoms with van der Waals surface area (Å²) in [6.07, 6.45) is 5.74. The molecule has 0 aliphatic carbocycles. The van der Waals surface area contributed by atoms with E-state index in [9.17, 15) is 9.59 Å². The lowest BCUT2D eigenvalue weighted by atomic mass is 9.96. The molecule has 0 saturated carbocycles. The zero-order valence-electron chi connectivity index (χ0n) is 16.5. The van der Waals surface area contributed by atoms with Gasteiger partial charge in [0, 0.05) is 54.9 Å². The summed E-state index contributed by atoms with van der Waals surface area (Å²) in [6, 6.07) is 11.0. The van der Waals surface area contributed by atoms with E-state index < -0.39 is 0 Å². The van der Waals surface area contributed by atoms with Gasteiger partial charge in [-0.05, 0) is 69.0 Å². The van der Waals surface area contributed by atoms with Crippen LogP contribution in [0.2, 0.25) is 0 Å². The van der Waals surface area contributed by atoms with Crippen LogP contribution in [0.25, 0.3) is 0 Å². The lowest BCUT2D eigenvalue weighted by Gasteiger charge is -2.33. The van der Waals surface area contributed by atoms with Crippen LogP contribution in [0.4, 0.5) is 5.69 Å². The number of benzene rings is 1. The Morgan fingerprint density at radius 3 is 2.14 bits per heavy atom. The Labute approximate surface area is 166 Å². The fourth-order valence-electron chi connectivity index (χ4n) is 3.41. The predicted molar refractivity (Wildman–Crippen MR) is 111 cm³/mol. The maximum absolute atomic E-state index is 12.4. The highest BCUT2D eigenvalue weighted by molar-refractivity contribution is 5.97. The Kier molecular flexibility index (Phi) is 6.63. The van der Waals surface area contributed by atoms with Gasteiger partial charge in [-0.2, -0.15) is 0 Å². The smallest absolute Gasteiger partial charge is 0.251 e. The largest absolute Gasteiger partial charge is 0.371 e. The maximum Gasteiger partial charge on any atom is 0.251 e. The van der Waals surface area contributed by atoms with Crippen molar-refractivity contribution in [3.05, 3.63) is 59.9 Å². The summed E-state index contributed by atoms with van der Waals surface area (Å²) < 4.78 is 0. The Balaban J connectivity index is 1.45. The number of piperidine rings is 1. The first-order chi connectivity index (χ1) is 13.5. The molecule has 1 saturated heterocycles. The second-order valence-electron chi connectivity index (χ2n) is 7.55. The summed E-state index contributed by atoms with van der Waals surface area (Å²) in [6.45, 7) is 6.50. The van der Waals surface area contributed by atoms with Crippen LogP contribution in [0.15, 0.2) is 48.8 Å². The third-order valence-corrected chi connectivity index (χ3v) is 5.02. The number of rotatable bonds is 6. The second-order valence-corrected chi connectivity index (χ2v) is 7.55. The zero-order valence-corrected chi connectivity index (χ0v) is 16.5. The average Bonchev–Trinajstić information content (AvgIpc) is 2.72. The molecule has 2 N–H and O–H groups in total. The molecule has 1 fully saturated rings. The molecule has 0 atom stereocenters. The molecule has 28 heavy (non-hydrogen) atoms. The van der Waals surface area contributed by atoms with Crippen LogP contribution in [0, 0.1) is 5.92 Å². The normalized spacial score (nSPS) is 14.8. The topological polar surface area (TPSA) is 74.3 Å². The number of hydrogen-bond acceptors (Lipinski definition) is 4. The van der Waals surface area contributed by atoms with Crippen LogP contribution in [0.3, 0.4) is 0 Å². The molecule has 6 nitrogen and oxygen atoms in total. The van der Waals surface area contributed by atoms with Crippen molar-refractivity contribution in [2.75, 3.05) is 24.5 Å². The molecule has 1 aromatic carbocycles. The van der Waals surface area contributed by atoms with Crippen molar-refractivity contribution in [1.29, 1.82) is 0 Å². The van der Waals surface area contributed by atoms with Gasteiger partial charge >= 0.3 is 0 Å². The highest BCUT2D eigenvalue weighted by atomic mass is 16.2. The summed E-state index contributed by atoms with van der Waals surface area (Å²) in [7, 11) is 0. The fourth-order valence-corrected chi connectivity index (χ4v) is 3.41. The van der Waals surface area contributed by atoms with Crippen molar-refractivity contribution in [2.45, 2.75) is 32.7 Å². The average molecular weight is 380 g/mol. The lowest BCUT2D eigenvalue weighted by molar-refractivity contribution is 0.0932. The number of carbonyl (C=O) groups excluding carboxylic acids is 2. The molecule has 1 aromatic heterocycles. The molecule has 2 amide bonds. The van der Waals surface area contributed by atoms with E-state index in [0.717, 1.165) is 25.9 Å². The molecular formula is C22H28N4O2. The van der Waals surface area contributed by atoms with Crippen molar-refractivity contribution in [1.82, 2.24) is 15.6 Å². The van der Waals surface area contributed by atoms with E-state index >= 15 is 0 Å². The first kappa shape index (κ1) is 19.9. The van der Waals surface area contributed by atoms with Crippen molar-refractivity contribution < 1.29 is 9.59 Å². The highest BCUT2D eigenvalue weighted by Gasteiger charge is 2.20. The molecule has 0 radical (unpaired) electrons. The monoisotopic (exact) mass is 380 g/mol. The number of pyridine rings is 1. The Morgan fingerprint density at radius 2 is 1.57 bits per heavy atom. The predicted octanol–water partition coefficient (Wildman–Crippen LogP) is 2.87. The van der Waals surface area contributed by atoms with Crippen LogP contribution in [0.5, 0.6) is 0 Å². The van der Waals surface area contributed by atoms with Crippen LogP contribution >= 0.6 is 0 Å². The van der Waals surface area contributed by atoms with Gasteiger partial charge < -0.3 is 15.5 Å². The summed E-state index contributed by atoms with van der Waals surface area (Å²) >= 11 is 0. The quantitative estimate of drug-likeness (QED) is 0.808. The summed E-state index contributed by atoms with van der Waals surface area (Å²) in [4.78, 5) is 30.8. The van der Waals surface area contributed by atoms with Gasteiger partial charge in [0.15, 0.2) is 0 Å². The zero-order chi connectivity index (χ0) is 19.9. The molecule has 2 heterocycles. The van der Waals surface area contributed by atoms with Gasteiger partial charge in [-0.15, -0.1) is 0 Å². The third kappa shape index (κ3) is 5.31. The number of nitrogens with one attached hydrogen (secondary N) is 2. The first-order valence-electron chi connectivity index (χ1n) is 9.87. The van der Waals surface area contributed by atoms with Gasteiger partial charge in [-0.3, -0.25) is 14.6 Å². The van der Waals surface area contributed by atoms with Crippen LogP contribution < -0.4 is 15.5 Å². The Bertz CT molecular complexity index is 782. The molecule has 0 bridgehead atoms. The van der Waals surface area contributed by atoms with Crippen LogP contribution in [-0.2, 0) is 0 Å². The van der Waals surface area contributed by atoms with Crippen molar-refractivity contribution in [3.63, 3.8) is 0 Å². The van der Waals surface area contributed by atoms with Crippen LogP contribution in [-0.4, -0.2) is 42.5 Å². The minimum Gasteiger partial charge on any atom is -0.371 e. The molecule has 1 aliphatic heterocycles. The Hall–Kier alpha value is -2.89. The molecule has 3 rings (SSSR count). The van der Waals surface area contributed by atoms with Gasteiger partial charge in [0.05, 0.1) is 0 Å². The van der Waals surface area contributed by atoms with E-state index in [4.69, 9.17) is 0 Å². The molecule has 0 unspecified atom stereocenters. The van der Waals surface area contributed by atoms with Gasteiger partial charge in [0.2, 0.25) is 0 Å². The van der Waals surface area contributed by atoms with Crippen LogP contribution in [0.1, 0.15) is 47.4 Å². The fraction of sp³-hybridized carbons (Fsp3) is 0.409. The standard InChI is InChI=1S/C22H28N4O2/c1-16(2)25-22(28)19-5-3-18(4-6-19)21(27)24-15-17-9-13-26(14-10-17)20-7-11-23-12-8-20/h3-8,11-12,16-17H,9-10,13-15H2,1-2H3,(H,24,27)(H,25,28). The number of aromatic nitrogens is 1. The van der Waals surface area contributed by atoms with Crippen molar-refractivity contribution in [3.8, 4) is 0 Å². The maximum atomic E-state index is 12.4. The molecule has 6 heteroatoms. The van der Waals surface area contributed by atoms with E-state index in [1.807, 2.05) is 38.4 Å². The molecule has 1 aliphatic rings. The molecule has 148 valence electrons. The van der Waals surface area contributed by atoms with E-state index in [-0.39, 0.29) is 17.9 Å². The SMILES string of the molecule is CC(C)NC(=O)c1ccc(C(=O)NCC2CCN(c3ccncc3)CC2)cc1. The number of carbonyl (C=O) groups is 2. The first-order valence-corrected chi connectivity index (χ1v) is 9.87.